The number of hydrogen-bond acceptors (Lipinski definition) is 7. The van der Waals surface area contributed by atoms with Crippen LogP contribution in [0.1, 0.15) is 24.8 Å². The zero-order valence-corrected chi connectivity index (χ0v) is 15.5. The summed E-state index contributed by atoms with van der Waals surface area (Å²) in [5.41, 5.74) is 6.26. The van der Waals surface area contributed by atoms with E-state index in [1.165, 1.54) is 12.1 Å². The fourth-order valence-corrected chi connectivity index (χ4v) is 2.76. The van der Waals surface area contributed by atoms with E-state index in [-0.39, 0.29) is 23.8 Å². The molecule has 1 heterocycles. The van der Waals surface area contributed by atoms with Crippen molar-refractivity contribution in [1.29, 1.82) is 0 Å². The maximum absolute atomic E-state index is 10.8. The van der Waals surface area contributed by atoms with Crippen LogP contribution in [0.25, 0.3) is 0 Å². The van der Waals surface area contributed by atoms with Gasteiger partial charge in [0.25, 0.3) is 5.69 Å². The van der Waals surface area contributed by atoms with Gasteiger partial charge in [-0.05, 0) is 23.4 Å². The fourth-order valence-electron chi connectivity index (χ4n) is 1.95. The van der Waals surface area contributed by atoms with Gasteiger partial charge in [-0.25, -0.2) is 9.59 Å². The van der Waals surface area contributed by atoms with Gasteiger partial charge in [0, 0.05) is 17.0 Å². The number of nitrogens with zero attached hydrogens (tertiary/aromatic N) is 1. The first-order chi connectivity index (χ1) is 12.6. The van der Waals surface area contributed by atoms with Crippen LogP contribution in [0.2, 0.25) is 0 Å². The first kappa shape index (κ1) is 22.1. The number of nitro benzene ring substituents is 1. The Hall–Kier alpha value is -2.98. The van der Waals surface area contributed by atoms with Gasteiger partial charge in [0.15, 0.2) is 0 Å². The zero-order valence-electron chi connectivity index (χ0n) is 14.6. The summed E-state index contributed by atoms with van der Waals surface area (Å²) in [7, 11) is 0. The largest absolute Gasteiger partial charge is 0.483 e. The number of non-ortho nitro benzene ring substituents is 1. The van der Waals surface area contributed by atoms with Crippen molar-refractivity contribution in [3.05, 3.63) is 56.8 Å². The third-order valence-corrected chi connectivity index (χ3v) is 4.35. The van der Waals surface area contributed by atoms with E-state index in [1.54, 1.807) is 23.5 Å². The predicted molar refractivity (Wildman–Crippen MR) is 98.9 cm³/mol. The fraction of sp³-hybridized carbons (Fsp3) is 0.294. The maximum Gasteiger partial charge on any atom is 0.414 e. The summed E-state index contributed by atoms with van der Waals surface area (Å²) in [6, 6.07) is 9.90. The number of nitro groups is 1. The topological polar surface area (TPSA) is 153 Å². The summed E-state index contributed by atoms with van der Waals surface area (Å²) in [6.45, 7) is 4.06. The maximum atomic E-state index is 10.8. The van der Waals surface area contributed by atoms with Crippen LogP contribution in [-0.2, 0) is 9.59 Å². The van der Waals surface area contributed by atoms with Crippen LogP contribution in [0.5, 0.6) is 5.75 Å². The molecule has 4 N–H and O–H groups in total. The summed E-state index contributed by atoms with van der Waals surface area (Å²) < 4.78 is 5.95. The molecule has 2 unspecified atom stereocenters. The molecule has 0 radical (unpaired) electrons. The van der Waals surface area contributed by atoms with Gasteiger partial charge in [0.05, 0.1) is 11.0 Å². The molecule has 0 saturated heterocycles. The molecule has 2 aromatic rings. The molecule has 0 aliphatic rings. The van der Waals surface area contributed by atoms with Gasteiger partial charge < -0.3 is 20.7 Å². The highest BCUT2D eigenvalue weighted by Gasteiger charge is 2.26. The SMILES string of the molecule is CC(C)C(N)C(Oc1cccc([N+](=O)[O-])c1)c1cccs1.O=C(O)C(=O)O. The first-order valence-electron chi connectivity index (χ1n) is 7.79. The highest BCUT2D eigenvalue weighted by molar-refractivity contribution is 7.10. The number of benzene rings is 1. The number of aliphatic carboxylic acids is 2. The Balaban J connectivity index is 0.000000527. The summed E-state index contributed by atoms with van der Waals surface area (Å²) in [6.07, 6.45) is -0.313. The van der Waals surface area contributed by atoms with Gasteiger partial charge in [0.1, 0.15) is 11.9 Å². The van der Waals surface area contributed by atoms with Crippen LogP contribution < -0.4 is 10.5 Å². The van der Waals surface area contributed by atoms with Gasteiger partial charge in [-0.3, -0.25) is 10.1 Å². The van der Waals surface area contributed by atoms with Gasteiger partial charge in [-0.1, -0.05) is 26.0 Å². The number of carboxylic acid groups (broad SMARTS) is 2. The van der Waals surface area contributed by atoms with Crippen molar-refractivity contribution in [2.75, 3.05) is 0 Å². The third kappa shape index (κ3) is 7.04. The molecular formula is C17H20N2O7S. The normalized spacial score (nSPS) is 12.4. The average Bonchev–Trinajstić information content (AvgIpc) is 3.14. The lowest BCUT2D eigenvalue weighted by molar-refractivity contribution is -0.385. The predicted octanol–water partition coefficient (Wildman–Crippen LogP) is 2.92. The minimum atomic E-state index is -1.82. The van der Waals surface area contributed by atoms with Crippen molar-refractivity contribution in [3.63, 3.8) is 0 Å². The van der Waals surface area contributed by atoms with E-state index < -0.39 is 16.9 Å². The molecule has 0 aliphatic heterocycles. The molecule has 0 amide bonds. The van der Waals surface area contributed by atoms with E-state index >= 15 is 0 Å². The molecule has 10 heteroatoms. The number of thiophene rings is 1. The van der Waals surface area contributed by atoms with E-state index in [0.29, 0.717) is 5.75 Å². The average molecular weight is 396 g/mol. The van der Waals surface area contributed by atoms with E-state index in [2.05, 4.69) is 0 Å². The number of ether oxygens (including phenoxy) is 1. The molecule has 0 fully saturated rings. The summed E-state index contributed by atoms with van der Waals surface area (Å²) in [5, 5.41) is 27.6. The van der Waals surface area contributed by atoms with E-state index in [1.807, 2.05) is 31.4 Å². The smallest absolute Gasteiger partial charge is 0.414 e. The molecule has 0 bridgehead atoms. The van der Waals surface area contributed by atoms with Crippen molar-refractivity contribution >= 4 is 29.0 Å². The number of nitrogens with two attached hydrogens (primary N) is 1. The van der Waals surface area contributed by atoms with Crippen LogP contribution in [0.3, 0.4) is 0 Å². The highest BCUT2D eigenvalue weighted by atomic mass is 32.1. The van der Waals surface area contributed by atoms with Crippen molar-refractivity contribution < 1.29 is 29.5 Å². The van der Waals surface area contributed by atoms with Gasteiger partial charge in [-0.15, -0.1) is 11.3 Å². The van der Waals surface area contributed by atoms with Gasteiger partial charge in [-0.2, -0.15) is 0 Å². The number of carbonyl (C=O) groups is 2. The molecule has 9 nitrogen and oxygen atoms in total. The van der Waals surface area contributed by atoms with Gasteiger partial charge >= 0.3 is 11.9 Å². The van der Waals surface area contributed by atoms with Crippen LogP contribution in [0.15, 0.2) is 41.8 Å². The molecule has 0 aliphatic carbocycles. The minimum absolute atomic E-state index is 0.00977. The standard InChI is InChI=1S/C15H18N2O3S.C2H2O4/c1-10(2)14(16)15(13-7-4-8-21-13)20-12-6-3-5-11(9-12)17(18)19;3-1(4)2(5)6/h3-10,14-15H,16H2,1-2H3;(H,3,4)(H,5,6). The Morgan fingerprint density at radius 2 is 1.81 bits per heavy atom. The van der Waals surface area contributed by atoms with Crippen molar-refractivity contribution in [3.8, 4) is 5.75 Å². The molecule has 146 valence electrons. The Bertz CT molecular complexity index is 765. The van der Waals surface area contributed by atoms with E-state index in [9.17, 15) is 10.1 Å². The van der Waals surface area contributed by atoms with Crippen LogP contribution in [0.4, 0.5) is 5.69 Å². The lowest BCUT2D eigenvalue weighted by Gasteiger charge is -2.26. The second-order valence-corrected chi connectivity index (χ2v) is 6.72. The first-order valence-corrected chi connectivity index (χ1v) is 8.67. The number of rotatable bonds is 6. The Morgan fingerprint density at radius 1 is 1.19 bits per heavy atom. The molecule has 1 aromatic heterocycles. The molecule has 0 saturated carbocycles. The summed E-state index contributed by atoms with van der Waals surface area (Å²) in [4.78, 5) is 29.6. The minimum Gasteiger partial charge on any atom is -0.483 e. The lowest BCUT2D eigenvalue weighted by atomic mass is 9.98. The molecule has 0 spiro atoms. The lowest BCUT2D eigenvalue weighted by Crippen LogP contribution is -2.36. The molecule has 1 aromatic carbocycles. The van der Waals surface area contributed by atoms with E-state index in [0.717, 1.165) is 4.88 Å². The Labute approximate surface area is 159 Å². The second-order valence-electron chi connectivity index (χ2n) is 5.74. The molecule has 2 rings (SSSR count). The van der Waals surface area contributed by atoms with Crippen LogP contribution in [0, 0.1) is 16.0 Å². The Kier molecular flexibility index (Phi) is 8.36. The summed E-state index contributed by atoms with van der Waals surface area (Å²) >= 11 is 1.57. The van der Waals surface area contributed by atoms with Gasteiger partial charge in [0.2, 0.25) is 0 Å². The van der Waals surface area contributed by atoms with Crippen LogP contribution >= 0.6 is 11.3 Å². The number of hydrogen-bond donors (Lipinski definition) is 3. The van der Waals surface area contributed by atoms with Crippen LogP contribution in [-0.4, -0.2) is 33.1 Å². The van der Waals surface area contributed by atoms with Crippen molar-refractivity contribution in [2.24, 2.45) is 11.7 Å². The third-order valence-electron chi connectivity index (χ3n) is 3.42. The molecule has 27 heavy (non-hydrogen) atoms. The number of carboxylic acids is 2. The van der Waals surface area contributed by atoms with Crippen molar-refractivity contribution in [2.45, 2.75) is 26.0 Å². The summed E-state index contributed by atoms with van der Waals surface area (Å²) in [5.74, 6) is -2.96. The monoisotopic (exact) mass is 396 g/mol. The zero-order chi connectivity index (χ0) is 20.6. The second kappa shape index (κ2) is 10.2. The molecule has 2 atom stereocenters. The Morgan fingerprint density at radius 3 is 2.26 bits per heavy atom. The highest BCUT2D eigenvalue weighted by Crippen LogP contribution is 2.31. The van der Waals surface area contributed by atoms with E-state index in [4.69, 9.17) is 30.3 Å². The van der Waals surface area contributed by atoms with Crippen molar-refractivity contribution in [1.82, 2.24) is 0 Å². The molecular weight excluding hydrogens is 376 g/mol. The quantitative estimate of drug-likeness (QED) is 0.383.